The lowest BCUT2D eigenvalue weighted by Gasteiger charge is -2.33. The summed E-state index contributed by atoms with van der Waals surface area (Å²) in [5.41, 5.74) is 0.505. The zero-order valence-corrected chi connectivity index (χ0v) is 12.9. The van der Waals surface area contributed by atoms with Crippen LogP contribution in [-0.4, -0.2) is 24.1 Å². The highest BCUT2D eigenvalue weighted by atomic mass is 35.5. The highest BCUT2D eigenvalue weighted by molar-refractivity contribution is 6.30. The molecule has 1 N–H and O–H groups in total. The molecule has 0 spiro atoms. The number of fused-ring (bicyclic) bond motifs is 2. The molecule has 1 aromatic rings. The van der Waals surface area contributed by atoms with E-state index in [1.165, 1.54) is 13.2 Å². The van der Waals surface area contributed by atoms with E-state index in [9.17, 15) is 14.3 Å². The van der Waals surface area contributed by atoms with Gasteiger partial charge in [0.05, 0.1) is 19.1 Å². The number of rotatable bonds is 2. The number of aliphatic hydroxyl groups excluding tert-OH is 1. The summed E-state index contributed by atoms with van der Waals surface area (Å²) in [5, 5.41) is 12.7. The third-order valence-electron chi connectivity index (χ3n) is 4.82. The van der Waals surface area contributed by atoms with Crippen LogP contribution in [0.4, 0.5) is 4.39 Å². The van der Waals surface area contributed by atoms with Crippen LogP contribution in [0.5, 0.6) is 5.75 Å². The molecular weight excluding hydrogens is 307 g/mol. The molecule has 0 aliphatic heterocycles. The first-order valence-electron chi connectivity index (χ1n) is 7.27. The second-order valence-electron chi connectivity index (χ2n) is 5.93. The number of ketones is 1. The second-order valence-corrected chi connectivity index (χ2v) is 6.12. The SMILES string of the molecule is COc1cc(C#CCl)cc(F)c1C1C(=O)C2CCC(C2)C1O. The summed E-state index contributed by atoms with van der Waals surface area (Å²) < 4.78 is 19.8. The Balaban J connectivity index is 2.10. The third-order valence-corrected chi connectivity index (χ3v) is 4.92. The molecule has 2 saturated carbocycles. The van der Waals surface area contributed by atoms with Crippen molar-refractivity contribution in [3.63, 3.8) is 0 Å². The molecule has 2 aliphatic rings. The molecule has 3 nitrogen and oxygen atoms in total. The maximum atomic E-state index is 14.6. The van der Waals surface area contributed by atoms with Gasteiger partial charge in [-0.15, -0.1) is 0 Å². The Morgan fingerprint density at radius 1 is 1.41 bits per heavy atom. The average molecular weight is 323 g/mol. The molecule has 2 bridgehead atoms. The van der Waals surface area contributed by atoms with Gasteiger partial charge in [-0.3, -0.25) is 4.79 Å². The van der Waals surface area contributed by atoms with Gasteiger partial charge in [0.15, 0.2) is 0 Å². The lowest BCUT2D eigenvalue weighted by atomic mass is 9.73. The Labute approximate surface area is 133 Å². The van der Waals surface area contributed by atoms with Crippen LogP contribution in [0.25, 0.3) is 0 Å². The number of carbonyl (C=O) groups excluding carboxylic acids is 1. The van der Waals surface area contributed by atoms with Crippen LogP contribution in [0.15, 0.2) is 12.1 Å². The molecule has 5 heteroatoms. The monoisotopic (exact) mass is 322 g/mol. The van der Waals surface area contributed by atoms with Crippen LogP contribution in [0.1, 0.15) is 36.3 Å². The predicted octanol–water partition coefficient (Wildman–Crippen LogP) is 2.83. The van der Waals surface area contributed by atoms with Crippen molar-refractivity contribution in [2.75, 3.05) is 7.11 Å². The quantitative estimate of drug-likeness (QED) is 0.852. The van der Waals surface area contributed by atoms with Gasteiger partial charge in [0.2, 0.25) is 0 Å². The zero-order chi connectivity index (χ0) is 15.9. The number of hydrogen-bond acceptors (Lipinski definition) is 3. The van der Waals surface area contributed by atoms with Gasteiger partial charge in [0.25, 0.3) is 0 Å². The molecule has 2 fully saturated rings. The van der Waals surface area contributed by atoms with Crippen molar-refractivity contribution in [2.24, 2.45) is 11.8 Å². The number of carbonyl (C=O) groups is 1. The van der Waals surface area contributed by atoms with Gasteiger partial charge in [0.1, 0.15) is 17.3 Å². The largest absolute Gasteiger partial charge is 0.496 e. The molecule has 0 saturated heterocycles. The van der Waals surface area contributed by atoms with E-state index in [4.69, 9.17) is 16.3 Å². The van der Waals surface area contributed by atoms with Crippen LogP contribution in [0.3, 0.4) is 0 Å². The Bertz CT molecular complexity index is 676. The molecule has 0 radical (unpaired) electrons. The molecule has 0 amide bonds. The lowest BCUT2D eigenvalue weighted by Crippen LogP contribution is -2.39. The van der Waals surface area contributed by atoms with Crippen LogP contribution in [-0.2, 0) is 4.79 Å². The summed E-state index contributed by atoms with van der Waals surface area (Å²) in [6.07, 6.45) is 1.43. The van der Waals surface area contributed by atoms with Crippen LogP contribution in [0, 0.1) is 29.0 Å². The molecule has 0 heterocycles. The topological polar surface area (TPSA) is 46.5 Å². The van der Waals surface area contributed by atoms with Gasteiger partial charge in [-0.2, -0.15) is 0 Å². The van der Waals surface area contributed by atoms with Crippen LogP contribution < -0.4 is 4.74 Å². The number of halogens is 2. The zero-order valence-electron chi connectivity index (χ0n) is 12.1. The summed E-state index contributed by atoms with van der Waals surface area (Å²) in [4.78, 5) is 12.6. The van der Waals surface area contributed by atoms with Crippen molar-refractivity contribution in [2.45, 2.75) is 31.3 Å². The minimum atomic E-state index is -0.862. The molecule has 3 rings (SSSR count). The number of ether oxygens (including phenoxy) is 1. The fourth-order valence-corrected chi connectivity index (χ4v) is 3.89. The predicted molar refractivity (Wildman–Crippen MR) is 80.3 cm³/mol. The van der Waals surface area contributed by atoms with Gasteiger partial charge in [-0.1, -0.05) is 0 Å². The third kappa shape index (κ3) is 2.39. The minimum Gasteiger partial charge on any atom is -0.496 e. The van der Waals surface area contributed by atoms with Crippen molar-refractivity contribution in [1.29, 1.82) is 0 Å². The van der Waals surface area contributed by atoms with Gasteiger partial charge in [-0.25, -0.2) is 4.39 Å². The van der Waals surface area contributed by atoms with E-state index in [1.54, 1.807) is 6.07 Å². The van der Waals surface area contributed by atoms with E-state index < -0.39 is 17.8 Å². The molecule has 4 unspecified atom stereocenters. The fraction of sp³-hybridized carbons (Fsp3) is 0.471. The number of benzene rings is 1. The first-order chi connectivity index (χ1) is 10.6. The summed E-state index contributed by atoms with van der Waals surface area (Å²) >= 11 is 5.35. The Kier molecular flexibility index (Phi) is 4.12. The fourth-order valence-electron chi connectivity index (χ4n) is 3.78. The average Bonchev–Trinajstić information content (AvgIpc) is 2.94. The molecule has 4 atom stereocenters. The first kappa shape index (κ1) is 15.3. The normalized spacial score (nSPS) is 29.9. The molecular formula is C17H16ClFO3. The van der Waals surface area contributed by atoms with Crippen molar-refractivity contribution in [3.8, 4) is 17.0 Å². The van der Waals surface area contributed by atoms with Gasteiger partial charge < -0.3 is 9.84 Å². The van der Waals surface area contributed by atoms with Crippen molar-refractivity contribution in [1.82, 2.24) is 0 Å². The van der Waals surface area contributed by atoms with E-state index in [0.29, 0.717) is 12.0 Å². The maximum Gasteiger partial charge on any atom is 0.146 e. The number of hydrogen-bond donors (Lipinski definition) is 1. The van der Waals surface area contributed by atoms with E-state index >= 15 is 0 Å². The Morgan fingerprint density at radius 3 is 2.86 bits per heavy atom. The summed E-state index contributed by atoms with van der Waals surface area (Å²) in [6, 6.07) is 2.77. The molecule has 0 aromatic heterocycles. The van der Waals surface area contributed by atoms with Gasteiger partial charge in [0, 0.05) is 22.4 Å². The Morgan fingerprint density at radius 2 is 2.18 bits per heavy atom. The van der Waals surface area contributed by atoms with Crippen molar-refractivity contribution >= 4 is 17.4 Å². The number of aliphatic hydroxyl groups is 1. The highest BCUT2D eigenvalue weighted by Gasteiger charge is 2.49. The summed E-state index contributed by atoms with van der Waals surface area (Å²) in [6.45, 7) is 0. The lowest BCUT2D eigenvalue weighted by molar-refractivity contribution is -0.130. The van der Waals surface area contributed by atoms with Crippen molar-refractivity contribution in [3.05, 3.63) is 29.1 Å². The Hall–Kier alpha value is -1.57. The minimum absolute atomic E-state index is 0.0547. The smallest absolute Gasteiger partial charge is 0.146 e. The van der Waals surface area contributed by atoms with E-state index in [2.05, 4.69) is 11.3 Å². The molecule has 2 aliphatic carbocycles. The van der Waals surface area contributed by atoms with E-state index in [0.717, 1.165) is 12.8 Å². The first-order valence-corrected chi connectivity index (χ1v) is 7.65. The van der Waals surface area contributed by atoms with Crippen LogP contribution >= 0.6 is 11.6 Å². The summed E-state index contributed by atoms with van der Waals surface area (Å²) in [7, 11) is 1.41. The van der Waals surface area contributed by atoms with Gasteiger partial charge in [-0.05, 0) is 54.8 Å². The summed E-state index contributed by atoms with van der Waals surface area (Å²) in [5.74, 6) is 1.22. The second kappa shape index (κ2) is 5.91. The molecule has 1 aromatic carbocycles. The van der Waals surface area contributed by atoms with E-state index in [-0.39, 0.29) is 28.9 Å². The maximum absolute atomic E-state index is 14.6. The number of Topliss-reactive ketones (excluding diaryl/α,β-unsaturated/α-hetero) is 1. The highest BCUT2D eigenvalue weighted by Crippen LogP contribution is 2.48. The molecule has 22 heavy (non-hydrogen) atoms. The van der Waals surface area contributed by atoms with E-state index in [1.807, 2.05) is 0 Å². The number of methoxy groups -OCH3 is 1. The van der Waals surface area contributed by atoms with Crippen molar-refractivity contribution < 1.29 is 19.0 Å². The van der Waals surface area contributed by atoms with Gasteiger partial charge >= 0.3 is 0 Å². The molecule has 116 valence electrons. The standard InChI is InChI=1S/C17H16ClFO3/c1-22-13-7-9(4-5-18)6-12(19)14(13)15-16(20)10-2-3-11(8-10)17(15)21/h6-7,10-11,15-16,20H,2-3,8H2,1H3. The van der Waals surface area contributed by atoms with Crippen LogP contribution in [0.2, 0.25) is 0 Å².